The normalized spacial score (nSPS) is 22.9. The second-order valence-electron chi connectivity index (χ2n) is 8.03. The Morgan fingerprint density at radius 1 is 0.769 bits per heavy atom. The molecule has 0 saturated heterocycles. The average Bonchev–Trinajstić information content (AvgIpc) is 3.18. The third kappa shape index (κ3) is 3.11. The van der Waals surface area contributed by atoms with E-state index in [1.807, 2.05) is 0 Å². The van der Waals surface area contributed by atoms with E-state index in [0.29, 0.717) is 24.0 Å². The fourth-order valence-corrected chi connectivity index (χ4v) is 4.85. The number of benzene rings is 2. The fraction of sp³-hybridized carbons (Fsp3) is 0.500. The van der Waals surface area contributed by atoms with Gasteiger partial charge in [0.2, 0.25) is 0 Å². The van der Waals surface area contributed by atoms with Gasteiger partial charge in [-0.2, -0.15) is 0 Å². The monoisotopic (exact) mass is 350 g/mol. The second kappa shape index (κ2) is 6.98. The Balaban J connectivity index is 1.65. The number of ether oxygens (including phenoxy) is 2. The Morgan fingerprint density at radius 2 is 1.19 bits per heavy atom. The summed E-state index contributed by atoms with van der Waals surface area (Å²) in [5.74, 6) is 3.23. The highest BCUT2D eigenvalue weighted by atomic mass is 16.5. The molecule has 0 bridgehead atoms. The Bertz CT molecular complexity index is 727. The molecule has 0 spiro atoms. The van der Waals surface area contributed by atoms with Crippen molar-refractivity contribution in [1.29, 1.82) is 0 Å². The zero-order chi connectivity index (χ0) is 18.3. The van der Waals surface area contributed by atoms with Gasteiger partial charge < -0.3 is 9.47 Å². The van der Waals surface area contributed by atoms with E-state index in [2.05, 4.69) is 64.1 Å². The molecular formula is C24H30O2. The third-order valence-corrected chi connectivity index (χ3v) is 6.06. The maximum Gasteiger partial charge on any atom is 0.123 e. The lowest BCUT2D eigenvalue weighted by molar-refractivity contribution is 0.254. The SMILES string of the molecule is CC[C@H](c1ccc2c(c1)C[C@H](C)O2)[C@@H](CC)c1ccc2c(c1)C[C@H](C)O2. The van der Waals surface area contributed by atoms with Crippen molar-refractivity contribution in [2.45, 2.75) is 77.4 Å². The maximum absolute atomic E-state index is 5.89. The van der Waals surface area contributed by atoms with E-state index in [4.69, 9.17) is 9.47 Å². The first-order valence-electron chi connectivity index (χ1n) is 10.2. The van der Waals surface area contributed by atoms with Gasteiger partial charge in [-0.3, -0.25) is 0 Å². The lowest BCUT2D eigenvalue weighted by Gasteiger charge is -2.27. The zero-order valence-electron chi connectivity index (χ0n) is 16.4. The quantitative estimate of drug-likeness (QED) is 0.656. The molecule has 2 aromatic carbocycles. The lowest BCUT2D eigenvalue weighted by Crippen LogP contribution is -2.11. The predicted octanol–water partition coefficient (Wildman–Crippen LogP) is 6.02. The van der Waals surface area contributed by atoms with E-state index >= 15 is 0 Å². The highest BCUT2D eigenvalue weighted by Crippen LogP contribution is 2.42. The first kappa shape index (κ1) is 17.5. The van der Waals surface area contributed by atoms with Gasteiger partial charge in [-0.05, 0) is 72.9 Å². The summed E-state index contributed by atoms with van der Waals surface area (Å²) in [4.78, 5) is 0. The smallest absolute Gasteiger partial charge is 0.123 e. The minimum absolute atomic E-state index is 0.306. The molecule has 2 aliphatic rings. The summed E-state index contributed by atoms with van der Waals surface area (Å²) >= 11 is 0. The molecule has 2 heteroatoms. The van der Waals surface area contributed by atoms with Crippen LogP contribution in [-0.4, -0.2) is 12.2 Å². The summed E-state index contributed by atoms with van der Waals surface area (Å²) in [6, 6.07) is 13.7. The van der Waals surface area contributed by atoms with Crippen molar-refractivity contribution < 1.29 is 9.47 Å². The molecule has 2 aromatic rings. The van der Waals surface area contributed by atoms with Crippen molar-refractivity contribution in [1.82, 2.24) is 0 Å². The molecule has 0 unspecified atom stereocenters. The predicted molar refractivity (Wildman–Crippen MR) is 107 cm³/mol. The van der Waals surface area contributed by atoms with Crippen LogP contribution in [0.2, 0.25) is 0 Å². The summed E-state index contributed by atoms with van der Waals surface area (Å²) in [5.41, 5.74) is 5.67. The number of hydrogen-bond acceptors (Lipinski definition) is 2. The van der Waals surface area contributed by atoms with E-state index < -0.39 is 0 Å². The van der Waals surface area contributed by atoms with Crippen molar-refractivity contribution in [3.63, 3.8) is 0 Å². The van der Waals surface area contributed by atoms with Gasteiger partial charge in [0.25, 0.3) is 0 Å². The van der Waals surface area contributed by atoms with E-state index in [1.165, 1.54) is 22.3 Å². The molecular weight excluding hydrogens is 320 g/mol. The van der Waals surface area contributed by atoms with Crippen LogP contribution in [0.15, 0.2) is 36.4 Å². The standard InChI is InChI=1S/C24H30O2/c1-5-21(17-7-9-23-19(13-17)11-15(3)25-23)22(6-2)18-8-10-24-20(14-18)12-16(4)26-24/h7-10,13-16,21-22H,5-6,11-12H2,1-4H3/t15-,16-,21-,22+/m0/s1. The number of hydrogen-bond donors (Lipinski definition) is 0. The van der Waals surface area contributed by atoms with Gasteiger partial charge in [0.1, 0.15) is 23.7 Å². The van der Waals surface area contributed by atoms with Crippen LogP contribution in [0.3, 0.4) is 0 Å². The van der Waals surface area contributed by atoms with Gasteiger partial charge in [-0.25, -0.2) is 0 Å². The molecule has 138 valence electrons. The van der Waals surface area contributed by atoms with Gasteiger partial charge in [0.05, 0.1) is 0 Å². The summed E-state index contributed by atoms with van der Waals surface area (Å²) in [6.45, 7) is 8.94. The second-order valence-corrected chi connectivity index (χ2v) is 8.03. The molecule has 0 aliphatic carbocycles. The molecule has 0 aromatic heterocycles. The highest BCUT2D eigenvalue weighted by Gasteiger charge is 2.27. The van der Waals surface area contributed by atoms with Gasteiger partial charge in [0, 0.05) is 12.8 Å². The Kier molecular flexibility index (Phi) is 4.69. The van der Waals surface area contributed by atoms with Crippen LogP contribution in [0.25, 0.3) is 0 Å². The molecule has 0 N–H and O–H groups in total. The number of rotatable bonds is 5. The van der Waals surface area contributed by atoms with E-state index in [-0.39, 0.29) is 0 Å². The van der Waals surface area contributed by atoms with Crippen LogP contribution in [0, 0.1) is 0 Å². The third-order valence-electron chi connectivity index (χ3n) is 6.06. The van der Waals surface area contributed by atoms with Crippen molar-refractivity contribution in [2.24, 2.45) is 0 Å². The van der Waals surface area contributed by atoms with Crippen molar-refractivity contribution in [3.8, 4) is 11.5 Å². The van der Waals surface area contributed by atoms with E-state index in [9.17, 15) is 0 Å². The Morgan fingerprint density at radius 3 is 1.58 bits per heavy atom. The summed E-state index contributed by atoms with van der Waals surface area (Å²) < 4.78 is 11.8. The van der Waals surface area contributed by atoms with Crippen LogP contribution in [0.1, 0.15) is 74.6 Å². The summed E-state index contributed by atoms with van der Waals surface area (Å²) in [7, 11) is 0. The first-order valence-corrected chi connectivity index (χ1v) is 10.2. The molecule has 2 heterocycles. The van der Waals surface area contributed by atoms with Gasteiger partial charge in [0.15, 0.2) is 0 Å². The van der Waals surface area contributed by atoms with Crippen LogP contribution < -0.4 is 9.47 Å². The molecule has 4 rings (SSSR count). The van der Waals surface area contributed by atoms with Gasteiger partial charge in [-0.15, -0.1) is 0 Å². The molecule has 0 amide bonds. The molecule has 2 nitrogen and oxygen atoms in total. The van der Waals surface area contributed by atoms with Crippen LogP contribution in [0.5, 0.6) is 11.5 Å². The molecule has 0 saturated carbocycles. The maximum atomic E-state index is 5.89. The molecule has 2 aliphatic heterocycles. The minimum Gasteiger partial charge on any atom is -0.490 e. The van der Waals surface area contributed by atoms with Crippen molar-refractivity contribution in [2.75, 3.05) is 0 Å². The summed E-state index contributed by atoms with van der Waals surface area (Å²) in [5, 5.41) is 0. The van der Waals surface area contributed by atoms with Crippen LogP contribution in [0.4, 0.5) is 0 Å². The van der Waals surface area contributed by atoms with Crippen LogP contribution >= 0.6 is 0 Å². The van der Waals surface area contributed by atoms with Crippen molar-refractivity contribution >= 4 is 0 Å². The highest BCUT2D eigenvalue weighted by molar-refractivity contribution is 5.45. The molecule has 0 radical (unpaired) electrons. The Hall–Kier alpha value is -1.96. The Labute approximate surface area is 157 Å². The summed E-state index contributed by atoms with van der Waals surface area (Å²) in [6.07, 6.45) is 4.98. The minimum atomic E-state index is 0.306. The topological polar surface area (TPSA) is 18.5 Å². The van der Waals surface area contributed by atoms with Gasteiger partial charge in [-0.1, -0.05) is 38.1 Å². The van der Waals surface area contributed by atoms with Gasteiger partial charge >= 0.3 is 0 Å². The van der Waals surface area contributed by atoms with E-state index in [0.717, 1.165) is 37.2 Å². The fourth-order valence-electron chi connectivity index (χ4n) is 4.85. The first-order chi connectivity index (χ1) is 12.6. The van der Waals surface area contributed by atoms with E-state index in [1.54, 1.807) is 0 Å². The van der Waals surface area contributed by atoms with Crippen LogP contribution in [-0.2, 0) is 12.8 Å². The largest absolute Gasteiger partial charge is 0.490 e. The zero-order valence-corrected chi connectivity index (χ0v) is 16.4. The molecule has 0 fully saturated rings. The molecule has 26 heavy (non-hydrogen) atoms. The molecule has 4 atom stereocenters. The lowest BCUT2D eigenvalue weighted by atomic mass is 9.77. The van der Waals surface area contributed by atoms with Crippen molar-refractivity contribution in [3.05, 3.63) is 58.7 Å². The number of fused-ring (bicyclic) bond motifs is 2. The average molecular weight is 351 g/mol.